The Morgan fingerprint density at radius 1 is 0.447 bits per heavy atom. The fourth-order valence-corrected chi connectivity index (χ4v) is 30.2. The van der Waals surface area contributed by atoms with Gasteiger partial charge in [-0.15, -0.1) is 22.7 Å². The predicted octanol–water partition coefficient (Wildman–Crippen LogP) is 12.6. The number of rotatable bonds is 8. The molecule has 2 heterocycles. The summed E-state index contributed by atoms with van der Waals surface area (Å²) in [6.07, 6.45) is 0. The topological polar surface area (TPSA) is 0 Å². The number of hydrogen-bond donors (Lipinski definition) is 0. The zero-order chi connectivity index (χ0) is 28.5. The Bertz CT molecular complexity index is 1320. The average molecular weight is 711 g/mol. The fraction of sp³-hybridized carbons (Fsp3) is 0.562. The summed E-state index contributed by atoms with van der Waals surface area (Å²) in [4.78, 5) is 0. The van der Waals surface area contributed by atoms with Crippen molar-refractivity contribution in [2.45, 2.75) is 116 Å². The third kappa shape index (κ3) is 4.41. The van der Waals surface area contributed by atoms with E-state index in [-0.39, 0.29) is 0 Å². The van der Waals surface area contributed by atoms with Crippen molar-refractivity contribution in [1.82, 2.24) is 0 Å². The minimum atomic E-state index is -1.73. The number of hydrogen-bond acceptors (Lipinski definition) is 2. The smallest absolute Gasteiger partial charge is 0.107 e. The third-order valence-electron chi connectivity index (χ3n) is 9.90. The molecule has 0 unspecified atom stereocenters. The van der Waals surface area contributed by atoms with Gasteiger partial charge >= 0.3 is 0 Å². The molecule has 6 heteroatoms. The molecule has 0 N–H and O–H groups in total. The van der Waals surface area contributed by atoms with E-state index in [4.69, 9.17) is 0 Å². The van der Waals surface area contributed by atoms with E-state index in [9.17, 15) is 0 Å². The van der Waals surface area contributed by atoms with E-state index in [0.29, 0.717) is 33.2 Å². The van der Waals surface area contributed by atoms with E-state index in [2.05, 4.69) is 162 Å². The molecule has 0 saturated heterocycles. The summed E-state index contributed by atoms with van der Waals surface area (Å²) in [7, 11) is -3.46. The molecular weight excluding hydrogens is 664 g/mol. The van der Waals surface area contributed by atoms with Gasteiger partial charge in [-0.2, -0.15) is 0 Å². The second-order valence-electron chi connectivity index (χ2n) is 13.3. The summed E-state index contributed by atoms with van der Waals surface area (Å²) < 4.78 is 8.70. The molecule has 0 spiro atoms. The Morgan fingerprint density at radius 3 is 0.947 bits per heavy atom. The summed E-state index contributed by atoms with van der Waals surface area (Å²) in [6.45, 7) is 29.7. The maximum absolute atomic E-state index is 4.06. The zero-order valence-electron chi connectivity index (χ0n) is 25.3. The first kappa shape index (κ1) is 31.0. The molecular formula is C32H46Br2S2Si2. The van der Waals surface area contributed by atoms with Crippen molar-refractivity contribution in [3.8, 4) is 0 Å². The molecule has 0 atom stereocenters. The van der Waals surface area contributed by atoms with Crippen LogP contribution in [0.25, 0.3) is 30.9 Å². The number of fused-ring (bicyclic) bond motifs is 5. The van der Waals surface area contributed by atoms with Gasteiger partial charge in [-0.05, 0) is 109 Å². The van der Waals surface area contributed by atoms with Crippen LogP contribution in [0.1, 0.15) is 83.1 Å². The Hall–Kier alpha value is 0.0138. The molecule has 0 aliphatic rings. The summed E-state index contributed by atoms with van der Waals surface area (Å²) in [5, 5.41) is 5.67. The largest absolute Gasteiger partial charge is 0.144 e. The van der Waals surface area contributed by atoms with Crippen LogP contribution in [0.4, 0.5) is 0 Å². The Labute approximate surface area is 258 Å². The van der Waals surface area contributed by atoms with E-state index in [1.807, 2.05) is 0 Å². The van der Waals surface area contributed by atoms with E-state index in [0.717, 1.165) is 0 Å². The first-order chi connectivity index (χ1) is 17.6. The molecule has 4 rings (SSSR count). The van der Waals surface area contributed by atoms with Crippen LogP contribution in [0, 0.1) is 0 Å². The normalized spacial score (nSPS) is 13.9. The van der Waals surface area contributed by atoms with E-state index in [1.54, 1.807) is 9.00 Å². The molecule has 0 aliphatic heterocycles. The molecule has 0 amide bonds. The monoisotopic (exact) mass is 708 g/mol. The lowest BCUT2D eigenvalue weighted by molar-refractivity contribution is 0.837. The highest BCUT2D eigenvalue weighted by Gasteiger charge is 2.47. The van der Waals surface area contributed by atoms with Gasteiger partial charge in [0.15, 0.2) is 0 Å². The van der Waals surface area contributed by atoms with Gasteiger partial charge in [-0.3, -0.25) is 0 Å². The van der Waals surface area contributed by atoms with E-state index in [1.165, 1.54) is 39.9 Å². The van der Waals surface area contributed by atoms with Gasteiger partial charge in [0.2, 0.25) is 0 Å². The van der Waals surface area contributed by atoms with Crippen LogP contribution in [-0.2, 0) is 0 Å². The number of benzene rings is 2. The minimum Gasteiger partial charge on any atom is -0.144 e. The van der Waals surface area contributed by atoms with Crippen molar-refractivity contribution in [2.24, 2.45) is 0 Å². The fourth-order valence-electron chi connectivity index (χ4n) is 8.66. The Balaban J connectivity index is 2.10. The van der Waals surface area contributed by atoms with Crippen LogP contribution in [-0.4, -0.2) is 16.1 Å². The molecule has 2 aromatic carbocycles. The maximum Gasteiger partial charge on any atom is 0.107 e. The first-order valence-corrected chi connectivity index (χ1v) is 22.1. The molecule has 0 radical (unpaired) electrons. The van der Waals surface area contributed by atoms with Crippen LogP contribution in [0.5, 0.6) is 0 Å². The van der Waals surface area contributed by atoms with Crippen LogP contribution in [0.15, 0.2) is 33.2 Å². The van der Waals surface area contributed by atoms with Crippen LogP contribution in [0.3, 0.4) is 0 Å². The highest BCUT2D eigenvalue weighted by molar-refractivity contribution is 9.11. The molecule has 0 saturated carbocycles. The second-order valence-corrected chi connectivity index (χ2v) is 29.6. The first-order valence-electron chi connectivity index (χ1n) is 14.4. The molecule has 38 heavy (non-hydrogen) atoms. The van der Waals surface area contributed by atoms with Gasteiger partial charge in [0.1, 0.15) is 16.1 Å². The summed E-state index contributed by atoms with van der Waals surface area (Å²) >= 11 is 12.3. The molecule has 0 bridgehead atoms. The maximum atomic E-state index is 4.06. The van der Waals surface area contributed by atoms with E-state index < -0.39 is 16.1 Å². The molecule has 0 fully saturated rings. The van der Waals surface area contributed by atoms with E-state index >= 15 is 0 Å². The third-order valence-corrected chi connectivity index (χ3v) is 29.8. The highest BCUT2D eigenvalue weighted by atomic mass is 79.9. The van der Waals surface area contributed by atoms with Crippen LogP contribution < -0.4 is 9.00 Å². The molecule has 2 aromatic heterocycles. The summed E-state index contributed by atoms with van der Waals surface area (Å²) in [5.41, 5.74) is 4.25. The number of thiophene rings is 2. The lowest BCUT2D eigenvalue weighted by atomic mass is 10.0. The van der Waals surface area contributed by atoms with Crippen molar-refractivity contribution in [3.05, 3.63) is 33.2 Å². The Kier molecular flexibility index (Phi) is 8.98. The summed E-state index contributed by atoms with van der Waals surface area (Å²) in [5.74, 6) is 0. The molecule has 0 aliphatic carbocycles. The van der Waals surface area contributed by atoms with Crippen LogP contribution >= 0.6 is 54.5 Å². The number of halogens is 2. The van der Waals surface area contributed by atoms with Gasteiger partial charge in [0, 0.05) is 29.1 Å². The van der Waals surface area contributed by atoms with Gasteiger partial charge in [-0.25, -0.2) is 0 Å². The lowest BCUT2D eigenvalue weighted by Gasteiger charge is -2.42. The van der Waals surface area contributed by atoms with Gasteiger partial charge in [-0.1, -0.05) is 83.1 Å². The molecule has 208 valence electrons. The second kappa shape index (κ2) is 11.0. The average Bonchev–Trinajstić information content (AvgIpc) is 3.41. The van der Waals surface area contributed by atoms with Crippen molar-refractivity contribution in [2.75, 3.05) is 0 Å². The van der Waals surface area contributed by atoms with Crippen LogP contribution in [0.2, 0.25) is 33.2 Å². The van der Waals surface area contributed by atoms with Gasteiger partial charge in [0.05, 0.1) is 0 Å². The SMILES string of the molecule is CC(C)[Si](c1cc2c(s1)c(Br)cc1c3cc([Si](C(C)C)(C(C)C)C(C)C)sc3c(Br)cc21)(C(C)C)C(C)C. The highest BCUT2D eigenvalue weighted by Crippen LogP contribution is 2.48. The molecule has 0 nitrogen and oxygen atoms in total. The quantitative estimate of drug-likeness (QED) is 0.160. The predicted molar refractivity (Wildman–Crippen MR) is 191 cm³/mol. The van der Waals surface area contributed by atoms with Crippen molar-refractivity contribution >= 4 is 111 Å². The van der Waals surface area contributed by atoms with Gasteiger partial charge < -0.3 is 0 Å². The van der Waals surface area contributed by atoms with Crippen molar-refractivity contribution in [3.63, 3.8) is 0 Å². The summed E-state index contributed by atoms with van der Waals surface area (Å²) in [6, 6.07) is 10.1. The molecule has 4 aromatic rings. The van der Waals surface area contributed by atoms with Crippen molar-refractivity contribution < 1.29 is 0 Å². The Morgan fingerprint density at radius 2 is 0.711 bits per heavy atom. The minimum absolute atomic E-state index is 0.708. The zero-order valence-corrected chi connectivity index (χ0v) is 32.2. The van der Waals surface area contributed by atoms with Crippen molar-refractivity contribution in [1.29, 1.82) is 0 Å². The lowest BCUT2D eigenvalue weighted by Crippen LogP contribution is -2.54. The standard InChI is InChI=1S/C32H46Br2S2Si2/c1-17(2)37(18(3)4,19(5)6)29-15-25-23-13-28(34)32-26(24(23)14-27(33)31(25)35-29)16-30(36-32)38(20(7)8,21(9)10)22(11)12/h13-22H,1-12H3. The van der Waals surface area contributed by atoms with Gasteiger partial charge in [0.25, 0.3) is 0 Å².